The van der Waals surface area contributed by atoms with Crippen molar-refractivity contribution in [1.82, 2.24) is 4.90 Å². The van der Waals surface area contributed by atoms with E-state index in [1.54, 1.807) is 13.8 Å². The van der Waals surface area contributed by atoms with Crippen LogP contribution in [0.2, 0.25) is 0 Å². The molecule has 0 aliphatic rings. The van der Waals surface area contributed by atoms with Gasteiger partial charge in [-0.3, -0.25) is 9.69 Å². The average molecular weight is 388 g/mol. The van der Waals surface area contributed by atoms with Gasteiger partial charge in [-0.15, -0.1) is 0 Å². The van der Waals surface area contributed by atoms with E-state index in [9.17, 15) is 14.7 Å². The molecule has 140 valence electrons. The maximum atomic E-state index is 10.1. The predicted molar refractivity (Wildman–Crippen MR) is 75.7 cm³/mol. The first-order valence-electron chi connectivity index (χ1n) is 6.52. The van der Waals surface area contributed by atoms with E-state index < -0.39 is 31.0 Å². The first kappa shape index (κ1) is 40.0. The third kappa shape index (κ3) is 68.4. The summed E-state index contributed by atoms with van der Waals surface area (Å²) in [4.78, 5) is 30.4. The summed E-state index contributed by atoms with van der Waals surface area (Å²) >= 11 is 0. The molecule has 0 amide bonds. The number of hydrogen-bond acceptors (Lipinski definition) is 10. The van der Waals surface area contributed by atoms with Gasteiger partial charge in [0.2, 0.25) is 0 Å². The van der Waals surface area contributed by atoms with Crippen LogP contribution in [-0.2, 0) is 14.4 Å². The van der Waals surface area contributed by atoms with Crippen LogP contribution in [0.15, 0.2) is 0 Å². The summed E-state index contributed by atoms with van der Waals surface area (Å²) in [6, 6.07) is 0. The molecule has 25 heavy (non-hydrogen) atoms. The van der Waals surface area contributed by atoms with E-state index in [0.717, 1.165) is 4.90 Å². The maximum absolute atomic E-state index is 10.1. The molecule has 0 radical (unpaired) electrons. The summed E-state index contributed by atoms with van der Waals surface area (Å²) in [6.45, 7) is 2.32. The number of carboxylic acids is 3. The topological polar surface area (TPSA) is 208 Å². The number of carboxylic acid groups (broad SMARTS) is 3. The van der Waals surface area contributed by atoms with Crippen molar-refractivity contribution in [2.75, 3.05) is 46.0 Å². The molecule has 0 spiro atoms. The Hall–Kier alpha value is 0.210. The van der Waals surface area contributed by atoms with Crippen molar-refractivity contribution in [3.63, 3.8) is 0 Å². The number of rotatable bonds is 7. The van der Waals surface area contributed by atoms with Crippen molar-refractivity contribution in [1.29, 1.82) is 0 Å². The average Bonchev–Trinajstić information content (AvgIpc) is 2.40. The summed E-state index contributed by atoms with van der Waals surface area (Å²) in [6.07, 6.45) is 0. The summed E-state index contributed by atoms with van der Waals surface area (Å²) < 4.78 is 0. The molecule has 0 aromatic rings. The molecular formula is C12H26N2Na2O9. The number of hydrogen-bond donors (Lipinski definition) is 5. The number of aliphatic hydroxyl groups is 3. The predicted octanol–water partition coefficient (Wildman–Crippen LogP) is -11.2. The minimum atomic E-state index is -1.36. The Morgan fingerprint density at radius 2 is 1.24 bits per heavy atom. The first-order chi connectivity index (χ1) is 10.7. The van der Waals surface area contributed by atoms with Gasteiger partial charge in [-0.25, -0.2) is 0 Å². The second kappa shape index (κ2) is 35.3. The Morgan fingerprint density at radius 1 is 0.920 bits per heavy atom. The number of aliphatic hydroxyl groups excluding tert-OH is 3. The minimum Gasteiger partial charge on any atom is -0.549 e. The largest absolute Gasteiger partial charge is 1.00 e. The van der Waals surface area contributed by atoms with Crippen LogP contribution in [0.1, 0.15) is 13.8 Å². The molecular weight excluding hydrogens is 362 g/mol. The van der Waals surface area contributed by atoms with Crippen molar-refractivity contribution < 1.29 is 104 Å². The minimum absolute atomic E-state index is 0. The molecule has 0 aromatic carbocycles. The van der Waals surface area contributed by atoms with Gasteiger partial charge >= 0.3 is 65.1 Å². The molecule has 0 rings (SSSR count). The van der Waals surface area contributed by atoms with Gasteiger partial charge in [-0.2, -0.15) is 0 Å². The third-order valence-corrected chi connectivity index (χ3v) is 1.29. The molecule has 0 unspecified atom stereocenters. The van der Waals surface area contributed by atoms with Crippen LogP contribution < -0.4 is 75.1 Å². The molecule has 0 saturated carbocycles. The van der Waals surface area contributed by atoms with E-state index in [1.807, 2.05) is 0 Å². The smallest absolute Gasteiger partial charge is 0.549 e. The van der Waals surface area contributed by atoms with Gasteiger partial charge < -0.3 is 46.0 Å². The van der Waals surface area contributed by atoms with Crippen molar-refractivity contribution in [2.24, 2.45) is 5.73 Å². The quantitative estimate of drug-likeness (QED) is 0.259. The molecule has 0 aliphatic carbocycles. The summed E-state index contributed by atoms with van der Waals surface area (Å²) in [5, 5.41) is 51.0. The van der Waals surface area contributed by atoms with Gasteiger partial charge in [0.15, 0.2) is 0 Å². The Labute approximate surface area is 191 Å². The second-order valence-corrected chi connectivity index (χ2v) is 3.41. The molecule has 0 atom stereocenters. The number of carbonyl (C=O) groups excluding carboxylic acids is 2. The van der Waals surface area contributed by atoms with Crippen LogP contribution in [0.4, 0.5) is 0 Å². The van der Waals surface area contributed by atoms with E-state index in [0.29, 0.717) is 0 Å². The van der Waals surface area contributed by atoms with Gasteiger partial charge in [0.05, 0.1) is 25.1 Å². The van der Waals surface area contributed by atoms with Crippen LogP contribution in [0.5, 0.6) is 0 Å². The third-order valence-electron chi connectivity index (χ3n) is 1.29. The van der Waals surface area contributed by atoms with E-state index in [4.69, 9.17) is 30.3 Å². The Morgan fingerprint density at radius 3 is 1.40 bits per heavy atom. The maximum Gasteiger partial charge on any atom is 1.00 e. The number of aliphatic carboxylic acids is 3. The monoisotopic (exact) mass is 388 g/mol. The zero-order valence-corrected chi connectivity index (χ0v) is 19.3. The molecule has 13 heteroatoms. The Kier molecular flexibility index (Phi) is 56.6. The normalized spacial score (nSPS) is 7.80. The van der Waals surface area contributed by atoms with Crippen molar-refractivity contribution in [3.8, 4) is 0 Å². The second-order valence-electron chi connectivity index (χ2n) is 3.41. The standard InChI is InChI=1S/C6H11NO5.C2H5NO2.2C2H6O.2Na/c8-2-1-7(3-5(9)10)4-6(11)12;3-1-2(4)5;2*1-2-3;;/h8H,1-4H2,(H,9,10)(H,11,12);1,3H2,(H,4,5);2*3H,2H2,1H3;;/q;;;;2*+1/p-2. The number of carbonyl (C=O) groups is 3. The molecule has 6 N–H and O–H groups in total. The van der Waals surface area contributed by atoms with E-state index >= 15 is 0 Å². The Bertz CT molecular complexity index is 280. The van der Waals surface area contributed by atoms with Crippen LogP contribution in [-0.4, -0.2) is 89.2 Å². The molecule has 11 nitrogen and oxygen atoms in total. The van der Waals surface area contributed by atoms with E-state index in [-0.39, 0.29) is 92.0 Å². The van der Waals surface area contributed by atoms with Gasteiger partial charge in [0, 0.05) is 32.8 Å². The molecule has 0 saturated heterocycles. The van der Waals surface area contributed by atoms with Gasteiger partial charge in [0.1, 0.15) is 0 Å². The molecule has 0 bridgehead atoms. The van der Waals surface area contributed by atoms with Crippen LogP contribution in [0.3, 0.4) is 0 Å². The van der Waals surface area contributed by atoms with Gasteiger partial charge in [-0.05, 0) is 13.8 Å². The zero-order chi connectivity index (χ0) is 19.3. The number of nitrogens with zero attached hydrogens (tertiary/aromatic N) is 1. The fourth-order valence-electron chi connectivity index (χ4n) is 0.729. The molecule has 0 aliphatic heterocycles. The van der Waals surface area contributed by atoms with E-state index in [2.05, 4.69) is 5.73 Å². The summed E-state index contributed by atoms with van der Waals surface area (Å²) in [7, 11) is 0. The fourth-order valence-corrected chi connectivity index (χ4v) is 0.729. The molecule has 0 heterocycles. The molecule has 0 fully saturated rings. The zero-order valence-electron chi connectivity index (χ0n) is 15.3. The van der Waals surface area contributed by atoms with Crippen LogP contribution in [0, 0.1) is 0 Å². The van der Waals surface area contributed by atoms with Gasteiger partial charge in [0.25, 0.3) is 0 Å². The molecule has 0 aromatic heterocycles. The van der Waals surface area contributed by atoms with E-state index in [1.165, 1.54) is 0 Å². The van der Waals surface area contributed by atoms with Crippen LogP contribution >= 0.6 is 0 Å². The van der Waals surface area contributed by atoms with Gasteiger partial charge in [-0.1, -0.05) is 0 Å². The number of nitrogens with two attached hydrogens (primary N) is 1. The van der Waals surface area contributed by atoms with Crippen molar-refractivity contribution in [3.05, 3.63) is 0 Å². The van der Waals surface area contributed by atoms with Crippen molar-refractivity contribution >= 4 is 17.9 Å². The van der Waals surface area contributed by atoms with Crippen molar-refractivity contribution in [2.45, 2.75) is 13.8 Å². The summed E-state index contributed by atoms with van der Waals surface area (Å²) in [5.41, 5.74) is 4.51. The fraction of sp³-hybridized carbons (Fsp3) is 0.750. The Balaban J connectivity index is -0.0000000583. The SMILES string of the molecule is CCO.CCO.NCC(=O)[O-].O=C([O-])CN(CCO)CC(=O)O.[Na+].[Na+]. The summed E-state index contributed by atoms with van der Waals surface area (Å²) in [5.74, 6) is -3.71. The van der Waals surface area contributed by atoms with Crippen LogP contribution in [0.25, 0.3) is 0 Å². The first-order valence-corrected chi connectivity index (χ1v) is 6.52.